The van der Waals surface area contributed by atoms with Gasteiger partial charge in [-0.15, -0.1) is 0 Å². The standard InChI is InChI=1S/C17H22N2O5/c1-9(2)24-16(20)14-10(3)18-17(21)19-15(14)11-6-7-12(22-4)13(8-11)23-5/h6-9,15H,1-5H3,(H2,18,19,21)/t15-/m1/s1. The molecule has 0 fully saturated rings. The molecule has 0 saturated carbocycles. The van der Waals surface area contributed by atoms with E-state index in [1.54, 1.807) is 46.1 Å². The predicted molar refractivity (Wildman–Crippen MR) is 87.9 cm³/mol. The summed E-state index contributed by atoms with van der Waals surface area (Å²) in [6.07, 6.45) is -0.263. The number of nitrogens with one attached hydrogen (secondary N) is 2. The smallest absolute Gasteiger partial charge is 0.338 e. The third-order valence-electron chi connectivity index (χ3n) is 3.57. The topological polar surface area (TPSA) is 85.9 Å². The number of carbonyl (C=O) groups excluding carboxylic acids is 2. The summed E-state index contributed by atoms with van der Waals surface area (Å²) >= 11 is 0. The van der Waals surface area contributed by atoms with E-state index in [4.69, 9.17) is 14.2 Å². The number of allylic oxidation sites excluding steroid dienone is 1. The predicted octanol–water partition coefficient (Wildman–Crippen LogP) is 2.28. The highest BCUT2D eigenvalue weighted by Crippen LogP contribution is 2.34. The van der Waals surface area contributed by atoms with Gasteiger partial charge in [-0.25, -0.2) is 9.59 Å². The van der Waals surface area contributed by atoms with Gasteiger partial charge in [0.15, 0.2) is 11.5 Å². The van der Waals surface area contributed by atoms with Crippen LogP contribution in [0.2, 0.25) is 0 Å². The van der Waals surface area contributed by atoms with Crippen LogP contribution in [0.15, 0.2) is 29.5 Å². The summed E-state index contributed by atoms with van der Waals surface area (Å²) in [5.41, 5.74) is 1.51. The average molecular weight is 334 g/mol. The molecule has 1 heterocycles. The Morgan fingerprint density at radius 2 is 1.83 bits per heavy atom. The van der Waals surface area contributed by atoms with Crippen LogP contribution in [0.4, 0.5) is 4.79 Å². The molecule has 0 saturated heterocycles. The lowest BCUT2D eigenvalue weighted by Gasteiger charge is -2.29. The molecule has 1 aromatic rings. The van der Waals surface area contributed by atoms with Crippen molar-refractivity contribution in [3.05, 3.63) is 35.0 Å². The molecule has 24 heavy (non-hydrogen) atoms. The van der Waals surface area contributed by atoms with Crippen molar-refractivity contribution in [2.45, 2.75) is 32.9 Å². The molecule has 7 nitrogen and oxygen atoms in total. The molecule has 2 N–H and O–H groups in total. The van der Waals surface area contributed by atoms with Crippen molar-refractivity contribution in [2.24, 2.45) is 0 Å². The Morgan fingerprint density at radius 1 is 1.17 bits per heavy atom. The molecule has 2 amide bonds. The second-order valence-electron chi connectivity index (χ2n) is 5.64. The molecular weight excluding hydrogens is 312 g/mol. The monoisotopic (exact) mass is 334 g/mol. The Labute approximate surface area is 141 Å². The first kappa shape index (κ1) is 17.7. The van der Waals surface area contributed by atoms with Gasteiger partial charge < -0.3 is 24.8 Å². The molecule has 0 aromatic heterocycles. The van der Waals surface area contributed by atoms with Gasteiger partial charge in [-0.05, 0) is 38.5 Å². The molecule has 2 rings (SSSR count). The molecule has 1 aliphatic heterocycles. The van der Waals surface area contributed by atoms with Crippen molar-refractivity contribution in [3.63, 3.8) is 0 Å². The lowest BCUT2D eigenvalue weighted by Crippen LogP contribution is -2.45. The van der Waals surface area contributed by atoms with E-state index in [1.807, 2.05) is 0 Å². The van der Waals surface area contributed by atoms with Crippen LogP contribution in [0.25, 0.3) is 0 Å². The number of hydrogen-bond acceptors (Lipinski definition) is 5. The summed E-state index contributed by atoms with van der Waals surface area (Å²) in [5, 5.41) is 5.36. The van der Waals surface area contributed by atoms with Crippen molar-refractivity contribution >= 4 is 12.0 Å². The summed E-state index contributed by atoms with van der Waals surface area (Å²) in [5.74, 6) is 0.598. The molecule has 0 radical (unpaired) electrons. The fourth-order valence-corrected chi connectivity index (χ4v) is 2.52. The van der Waals surface area contributed by atoms with Gasteiger partial charge in [-0.3, -0.25) is 0 Å². The van der Waals surface area contributed by atoms with Crippen LogP contribution in [0.1, 0.15) is 32.4 Å². The fourth-order valence-electron chi connectivity index (χ4n) is 2.52. The van der Waals surface area contributed by atoms with Gasteiger partial charge in [0.25, 0.3) is 0 Å². The number of carbonyl (C=O) groups is 2. The lowest BCUT2D eigenvalue weighted by atomic mass is 9.95. The number of methoxy groups -OCH3 is 2. The van der Waals surface area contributed by atoms with E-state index in [2.05, 4.69) is 10.6 Å². The molecule has 0 bridgehead atoms. The Balaban J connectivity index is 2.47. The zero-order valence-electron chi connectivity index (χ0n) is 14.4. The van der Waals surface area contributed by atoms with Gasteiger partial charge in [0.1, 0.15) is 0 Å². The Hall–Kier alpha value is -2.70. The summed E-state index contributed by atoms with van der Waals surface area (Å²) in [4.78, 5) is 24.3. The minimum absolute atomic E-state index is 0.263. The Kier molecular flexibility index (Phi) is 5.33. The van der Waals surface area contributed by atoms with Crippen LogP contribution >= 0.6 is 0 Å². The molecule has 0 spiro atoms. The first-order valence-electron chi connectivity index (χ1n) is 7.58. The van der Waals surface area contributed by atoms with Crippen LogP contribution in [0.5, 0.6) is 11.5 Å². The molecule has 0 aliphatic carbocycles. The number of urea groups is 1. The summed E-state index contributed by atoms with van der Waals surface area (Å²) in [7, 11) is 3.07. The van der Waals surface area contributed by atoms with Crippen LogP contribution < -0.4 is 20.1 Å². The lowest BCUT2D eigenvalue weighted by molar-refractivity contribution is -0.143. The number of hydrogen-bond donors (Lipinski definition) is 2. The highest BCUT2D eigenvalue weighted by molar-refractivity contribution is 5.95. The van der Waals surface area contributed by atoms with E-state index >= 15 is 0 Å². The minimum atomic E-state index is -0.634. The zero-order chi connectivity index (χ0) is 17.9. The van der Waals surface area contributed by atoms with Crippen LogP contribution in [-0.2, 0) is 9.53 Å². The third-order valence-corrected chi connectivity index (χ3v) is 3.57. The van der Waals surface area contributed by atoms with E-state index in [9.17, 15) is 9.59 Å². The first-order valence-corrected chi connectivity index (χ1v) is 7.58. The first-order chi connectivity index (χ1) is 11.4. The van der Waals surface area contributed by atoms with Crippen LogP contribution in [0, 0.1) is 0 Å². The van der Waals surface area contributed by atoms with Gasteiger partial charge in [0, 0.05) is 5.70 Å². The maximum absolute atomic E-state index is 12.5. The van der Waals surface area contributed by atoms with E-state index in [0.29, 0.717) is 28.3 Å². The molecule has 7 heteroatoms. The van der Waals surface area contributed by atoms with Gasteiger partial charge in [0.05, 0.1) is 31.9 Å². The number of rotatable bonds is 5. The molecular formula is C17H22N2O5. The van der Waals surface area contributed by atoms with Crippen LogP contribution in [0.3, 0.4) is 0 Å². The molecule has 130 valence electrons. The average Bonchev–Trinajstić information content (AvgIpc) is 2.52. The van der Waals surface area contributed by atoms with Gasteiger partial charge in [-0.2, -0.15) is 0 Å². The summed E-state index contributed by atoms with van der Waals surface area (Å²) < 4.78 is 15.8. The van der Waals surface area contributed by atoms with E-state index in [0.717, 1.165) is 0 Å². The number of amides is 2. The normalized spacial score (nSPS) is 17.2. The minimum Gasteiger partial charge on any atom is -0.493 e. The van der Waals surface area contributed by atoms with Crippen molar-refractivity contribution < 1.29 is 23.8 Å². The van der Waals surface area contributed by atoms with Crippen molar-refractivity contribution in [2.75, 3.05) is 14.2 Å². The van der Waals surface area contributed by atoms with Gasteiger partial charge >= 0.3 is 12.0 Å². The molecule has 1 aliphatic rings. The largest absolute Gasteiger partial charge is 0.493 e. The van der Waals surface area contributed by atoms with E-state index in [-0.39, 0.29) is 12.1 Å². The van der Waals surface area contributed by atoms with Crippen molar-refractivity contribution in [1.82, 2.24) is 10.6 Å². The quantitative estimate of drug-likeness (QED) is 0.807. The summed E-state index contributed by atoms with van der Waals surface area (Å²) in [6, 6.07) is 4.21. The second kappa shape index (κ2) is 7.25. The SMILES string of the molecule is COc1ccc([C@H]2NC(=O)NC(C)=C2C(=O)OC(C)C)cc1OC. The van der Waals surface area contributed by atoms with Crippen molar-refractivity contribution in [1.29, 1.82) is 0 Å². The second-order valence-corrected chi connectivity index (χ2v) is 5.64. The van der Waals surface area contributed by atoms with E-state index in [1.165, 1.54) is 7.11 Å². The zero-order valence-corrected chi connectivity index (χ0v) is 14.4. The number of benzene rings is 1. The van der Waals surface area contributed by atoms with Crippen molar-refractivity contribution in [3.8, 4) is 11.5 Å². The van der Waals surface area contributed by atoms with E-state index < -0.39 is 12.0 Å². The fraction of sp³-hybridized carbons (Fsp3) is 0.412. The van der Waals surface area contributed by atoms with Gasteiger partial charge in [-0.1, -0.05) is 6.07 Å². The highest BCUT2D eigenvalue weighted by Gasteiger charge is 2.33. The Bertz CT molecular complexity index is 682. The maximum atomic E-state index is 12.5. The number of ether oxygens (including phenoxy) is 3. The highest BCUT2D eigenvalue weighted by atomic mass is 16.5. The van der Waals surface area contributed by atoms with Crippen LogP contribution in [-0.4, -0.2) is 32.3 Å². The number of esters is 1. The Morgan fingerprint density at radius 3 is 2.42 bits per heavy atom. The molecule has 0 unspecified atom stereocenters. The van der Waals surface area contributed by atoms with Gasteiger partial charge in [0.2, 0.25) is 0 Å². The molecule has 1 atom stereocenters. The third kappa shape index (κ3) is 3.61. The maximum Gasteiger partial charge on any atom is 0.338 e. The summed E-state index contributed by atoms with van der Waals surface area (Å²) in [6.45, 7) is 5.21. The molecule has 1 aromatic carbocycles.